The molecule has 0 saturated heterocycles. The molecule has 0 bridgehead atoms. The second kappa shape index (κ2) is 35.3. The molecular weight excluding hydrogens is 789 g/mol. The smallest absolute Gasteiger partial charge is 0.335 e. The first-order chi connectivity index (χ1) is 30.0. The molecule has 0 radical (unpaired) electrons. The van der Waals surface area contributed by atoms with Gasteiger partial charge < -0.3 is 33.5 Å². The van der Waals surface area contributed by atoms with Gasteiger partial charge in [-0.15, -0.1) is 0 Å². The number of benzene rings is 3. The van der Waals surface area contributed by atoms with Gasteiger partial charge in [-0.2, -0.15) is 0 Å². The minimum Gasteiger partial charge on any atom is -0.493 e. The van der Waals surface area contributed by atoms with E-state index < -0.39 is 5.97 Å². The Bertz CT molecular complexity index is 1460. The van der Waals surface area contributed by atoms with E-state index in [1.54, 1.807) is 18.2 Å². The Morgan fingerprint density at radius 2 is 0.651 bits per heavy atom. The van der Waals surface area contributed by atoms with Gasteiger partial charge in [-0.05, 0) is 149 Å². The molecular formula is C55H90O8. The van der Waals surface area contributed by atoms with Gasteiger partial charge in [0.1, 0.15) is 23.0 Å². The normalized spacial score (nSPS) is 11.1. The van der Waals surface area contributed by atoms with Crippen molar-refractivity contribution in [2.75, 3.05) is 39.6 Å². The Morgan fingerprint density at radius 1 is 0.381 bits per heavy atom. The van der Waals surface area contributed by atoms with Crippen LogP contribution in [0.5, 0.6) is 34.5 Å². The van der Waals surface area contributed by atoms with Crippen molar-refractivity contribution in [3.63, 3.8) is 0 Å². The van der Waals surface area contributed by atoms with E-state index in [0.29, 0.717) is 36.5 Å². The molecule has 0 saturated carbocycles. The fourth-order valence-electron chi connectivity index (χ4n) is 6.28. The van der Waals surface area contributed by atoms with Gasteiger partial charge in [0, 0.05) is 12.1 Å². The molecule has 3 rings (SSSR count). The molecule has 0 heterocycles. The second-order valence-electron chi connectivity index (χ2n) is 19.2. The molecule has 1 N–H and O–H groups in total. The lowest BCUT2D eigenvalue weighted by atomic mass is 10.1. The lowest BCUT2D eigenvalue weighted by molar-refractivity contribution is 0.0695. The molecule has 0 amide bonds. The first-order valence-electron chi connectivity index (χ1n) is 24.4. The zero-order chi connectivity index (χ0) is 46.8. The highest BCUT2D eigenvalue weighted by molar-refractivity contribution is 5.88. The Labute approximate surface area is 385 Å². The van der Waals surface area contributed by atoms with Crippen molar-refractivity contribution in [1.29, 1.82) is 0 Å². The second-order valence-corrected chi connectivity index (χ2v) is 19.2. The van der Waals surface area contributed by atoms with E-state index in [1.165, 1.54) is 25.7 Å². The molecule has 358 valence electrons. The van der Waals surface area contributed by atoms with E-state index in [-0.39, 0.29) is 5.56 Å². The van der Waals surface area contributed by atoms with E-state index in [9.17, 15) is 9.90 Å². The zero-order valence-corrected chi connectivity index (χ0v) is 41.8. The van der Waals surface area contributed by atoms with E-state index in [2.05, 4.69) is 83.1 Å². The lowest BCUT2D eigenvalue weighted by Crippen LogP contribution is -2.04. The van der Waals surface area contributed by atoms with Crippen molar-refractivity contribution in [2.45, 2.75) is 160 Å². The van der Waals surface area contributed by atoms with Crippen LogP contribution in [-0.2, 0) is 0 Å². The minimum absolute atomic E-state index is 0.199. The van der Waals surface area contributed by atoms with Crippen molar-refractivity contribution in [3.05, 3.63) is 72.3 Å². The summed E-state index contributed by atoms with van der Waals surface area (Å²) in [5.41, 5.74) is 0.199. The topological polar surface area (TPSA) is 92.7 Å². The molecule has 0 fully saturated rings. The van der Waals surface area contributed by atoms with Crippen LogP contribution in [0.15, 0.2) is 66.7 Å². The Balaban J connectivity index is 0.000000474. The number of carboxylic acid groups (broad SMARTS) is 1. The summed E-state index contributed by atoms with van der Waals surface area (Å²) in [5.74, 6) is 7.98. The van der Waals surface area contributed by atoms with Gasteiger partial charge in [0.05, 0.1) is 45.2 Å². The van der Waals surface area contributed by atoms with Gasteiger partial charge in [0.25, 0.3) is 0 Å². The summed E-state index contributed by atoms with van der Waals surface area (Å²) in [6, 6.07) is 20.8. The third-order valence-corrected chi connectivity index (χ3v) is 9.93. The first kappa shape index (κ1) is 56.9. The van der Waals surface area contributed by atoms with Gasteiger partial charge in [-0.25, -0.2) is 4.79 Å². The highest BCUT2D eigenvalue weighted by Gasteiger charge is 2.10. The zero-order valence-electron chi connectivity index (χ0n) is 41.8. The number of hydrogen-bond acceptors (Lipinski definition) is 7. The van der Waals surface area contributed by atoms with Crippen LogP contribution in [0.1, 0.15) is 170 Å². The highest BCUT2D eigenvalue weighted by atomic mass is 16.5. The van der Waals surface area contributed by atoms with E-state index in [0.717, 1.165) is 124 Å². The maximum Gasteiger partial charge on any atom is 0.335 e. The molecule has 0 aliphatic rings. The average molecular weight is 879 g/mol. The summed E-state index contributed by atoms with van der Waals surface area (Å²) in [6.45, 7) is 30.9. The molecule has 0 spiro atoms. The first-order valence-corrected chi connectivity index (χ1v) is 24.4. The fourth-order valence-corrected chi connectivity index (χ4v) is 6.28. The van der Waals surface area contributed by atoms with Crippen LogP contribution in [0.2, 0.25) is 0 Å². The standard InChI is InChI=1S/C19H30O4.2C18H30O2/c1-14(2)7-5-9-22-17-11-16(19(20)21)12-18(13-17)23-10-6-8-15(3)4;1-15(2)8-6-12-19-17-10-5-11-18(14-17)20-13-7-9-16(3)4;1-15(2)9-7-13-19-17-11-5-6-12-18(17)20-14-8-10-16(3)4/h11-15H,5-10H2,1-4H3,(H,20,21);5,10-11,14-16H,6-9,12-13H2,1-4H3;5-6,11-12,15-16H,7-10,13-14H2,1-4H3. The van der Waals surface area contributed by atoms with Crippen molar-refractivity contribution in [2.24, 2.45) is 35.5 Å². The number of carbonyl (C=O) groups is 1. The summed E-state index contributed by atoms with van der Waals surface area (Å²) in [7, 11) is 0. The lowest BCUT2D eigenvalue weighted by Gasteiger charge is -2.13. The third kappa shape index (κ3) is 32.3. The molecule has 0 aliphatic heterocycles. The molecule has 0 unspecified atom stereocenters. The number of para-hydroxylation sites is 2. The monoisotopic (exact) mass is 879 g/mol. The summed E-state index contributed by atoms with van der Waals surface area (Å²) in [6.07, 6.45) is 13.4. The highest BCUT2D eigenvalue weighted by Crippen LogP contribution is 2.28. The summed E-state index contributed by atoms with van der Waals surface area (Å²) in [5, 5.41) is 9.21. The van der Waals surface area contributed by atoms with Crippen molar-refractivity contribution in [1.82, 2.24) is 0 Å². The Kier molecular flexibility index (Phi) is 31.9. The number of ether oxygens (including phenoxy) is 6. The van der Waals surface area contributed by atoms with Gasteiger partial charge >= 0.3 is 5.97 Å². The fraction of sp³-hybridized carbons (Fsp3) is 0.655. The van der Waals surface area contributed by atoms with E-state index in [1.807, 2.05) is 48.5 Å². The molecule has 8 nitrogen and oxygen atoms in total. The van der Waals surface area contributed by atoms with Crippen LogP contribution in [-0.4, -0.2) is 50.7 Å². The predicted molar refractivity (Wildman–Crippen MR) is 264 cm³/mol. The van der Waals surface area contributed by atoms with E-state index in [4.69, 9.17) is 28.4 Å². The van der Waals surface area contributed by atoms with Crippen molar-refractivity contribution < 1.29 is 38.3 Å². The molecule has 63 heavy (non-hydrogen) atoms. The minimum atomic E-state index is -0.968. The van der Waals surface area contributed by atoms with Crippen LogP contribution in [0.25, 0.3) is 0 Å². The number of hydrogen-bond donors (Lipinski definition) is 1. The number of carboxylic acids is 1. The van der Waals surface area contributed by atoms with Gasteiger partial charge in [0.15, 0.2) is 11.5 Å². The quantitative estimate of drug-likeness (QED) is 0.0639. The van der Waals surface area contributed by atoms with Gasteiger partial charge in [-0.3, -0.25) is 0 Å². The maximum atomic E-state index is 11.2. The van der Waals surface area contributed by atoms with Crippen molar-refractivity contribution >= 4 is 5.97 Å². The summed E-state index contributed by atoms with van der Waals surface area (Å²) < 4.78 is 34.6. The number of rotatable bonds is 31. The van der Waals surface area contributed by atoms with Gasteiger partial charge in [-0.1, -0.05) is 101 Å². The van der Waals surface area contributed by atoms with Crippen molar-refractivity contribution in [3.8, 4) is 34.5 Å². The van der Waals surface area contributed by atoms with Crippen LogP contribution in [0.3, 0.4) is 0 Å². The average Bonchev–Trinajstić information content (AvgIpc) is 3.22. The maximum absolute atomic E-state index is 11.2. The van der Waals surface area contributed by atoms with Crippen LogP contribution >= 0.6 is 0 Å². The predicted octanol–water partition coefficient (Wildman–Crippen LogP) is 15.6. The molecule has 0 aromatic heterocycles. The summed E-state index contributed by atoms with van der Waals surface area (Å²) in [4.78, 5) is 11.2. The number of aromatic carboxylic acids is 1. The third-order valence-electron chi connectivity index (χ3n) is 9.93. The van der Waals surface area contributed by atoms with Crippen LogP contribution < -0.4 is 28.4 Å². The van der Waals surface area contributed by atoms with Gasteiger partial charge in [0.2, 0.25) is 0 Å². The molecule has 3 aromatic carbocycles. The Morgan fingerprint density at radius 3 is 0.937 bits per heavy atom. The molecule has 0 aliphatic carbocycles. The largest absolute Gasteiger partial charge is 0.493 e. The molecule has 8 heteroatoms. The molecule has 0 atom stereocenters. The van der Waals surface area contributed by atoms with Crippen LogP contribution in [0.4, 0.5) is 0 Å². The van der Waals surface area contributed by atoms with E-state index >= 15 is 0 Å². The SMILES string of the molecule is CC(C)CCCOc1cc(OCCCC(C)C)cc(C(=O)O)c1.CC(C)CCCOc1cccc(OCCCC(C)C)c1.CC(C)CCCOc1ccccc1OCCCC(C)C. The molecule has 3 aromatic rings. The van der Waals surface area contributed by atoms with Crippen LogP contribution in [0, 0.1) is 35.5 Å². The Hall–Kier alpha value is -4.07. The summed E-state index contributed by atoms with van der Waals surface area (Å²) >= 11 is 0.